The third kappa shape index (κ3) is 4.57. The highest BCUT2D eigenvalue weighted by molar-refractivity contribution is 4.94. The molecule has 1 heterocycles. The Morgan fingerprint density at radius 3 is 2.21 bits per heavy atom. The maximum absolute atomic E-state index is 3.01. The van der Waals surface area contributed by atoms with Gasteiger partial charge in [-0.05, 0) is 63.3 Å². The average Bonchev–Trinajstić information content (AvgIpc) is 2.62. The van der Waals surface area contributed by atoms with Crippen LogP contribution in [0.25, 0.3) is 0 Å². The highest BCUT2D eigenvalue weighted by Crippen LogP contribution is 2.46. The quantitative estimate of drug-likeness (QED) is 0.500. The van der Waals surface area contributed by atoms with Crippen LogP contribution in [0.3, 0.4) is 0 Å². The highest BCUT2D eigenvalue weighted by Gasteiger charge is 2.41. The summed E-state index contributed by atoms with van der Waals surface area (Å²) in [6.45, 7) is 6.27. The summed E-state index contributed by atoms with van der Waals surface area (Å²) in [4.78, 5) is 3.01. The summed E-state index contributed by atoms with van der Waals surface area (Å²) in [6, 6.07) is 1.76. The monoisotopic (exact) mass is 333 g/mol. The van der Waals surface area contributed by atoms with Crippen LogP contribution >= 0.6 is 0 Å². The Balaban J connectivity index is 1.72. The number of nitrogens with zero attached hydrogens (tertiary/aromatic N) is 1. The standard InChI is InChI=1S/C23H43N/c1-3-4-10-18-24-19(2)12-8-9-15-22-21(16-11-17-23(22)24)20-13-6-5-7-14-20/h19-23H,3-18H2,1-2H3. The van der Waals surface area contributed by atoms with Gasteiger partial charge in [0.1, 0.15) is 0 Å². The second kappa shape index (κ2) is 9.60. The maximum atomic E-state index is 3.01. The molecule has 0 aromatic rings. The smallest absolute Gasteiger partial charge is 0.0129 e. The molecule has 4 atom stereocenters. The van der Waals surface area contributed by atoms with Gasteiger partial charge in [0.15, 0.2) is 0 Å². The van der Waals surface area contributed by atoms with Crippen molar-refractivity contribution in [3.05, 3.63) is 0 Å². The molecule has 1 nitrogen and oxygen atoms in total. The number of likely N-dealkylation sites (tertiary alicyclic amines) is 1. The van der Waals surface area contributed by atoms with Gasteiger partial charge in [0.05, 0.1) is 0 Å². The minimum atomic E-state index is 0.833. The number of hydrogen-bond acceptors (Lipinski definition) is 1. The van der Waals surface area contributed by atoms with Crippen molar-refractivity contribution in [3.63, 3.8) is 0 Å². The molecule has 3 fully saturated rings. The van der Waals surface area contributed by atoms with Gasteiger partial charge in [0.2, 0.25) is 0 Å². The van der Waals surface area contributed by atoms with Gasteiger partial charge in [-0.25, -0.2) is 0 Å². The first-order valence-electron chi connectivity index (χ1n) is 11.6. The largest absolute Gasteiger partial charge is 0.297 e. The molecule has 1 heteroatoms. The lowest BCUT2D eigenvalue weighted by Gasteiger charge is -2.50. The van der Waals surface area contributed by atoms with E-state index in [0.29, 0.717) is 0 Å². The van der Waals surface area contributed by atoms with E-state index in [1.165, 1.54) is 77.2 Å². The van der Waals surface area contributed by atoms with E-state index >= 15 is 0 Å². The van der Waals surface area contributed by atoms with E-state index in [4.69, 9.17) is 0 Å². The molecular formula is C23H43N. The molecule has 0 aromatic heterocycles. The molecule has 1 aliphatic heterocycles. The summed E-state index contributed by atoms with van der Waals surface area (Å²) in [5.41, 5.74) is 0. The number of rotatable bonds is 5. The number of unbranched alkanes of at least 4 members (excludes halogenated alkanes) is 2. The first kappa shape index (κ1) is 18.7. The molecule has 0 radical (unpaired) electrons. The van der Waals surface area contributed by atoms with Crippen molar-refractivity contribution < 1.29 is 0 Å². The molecule has 0 amide bonds. The Bertz CT molecular complexity index is 346. The van der Waals surface area contributed by atoms with Gasteiger partial charge in [0, 0.05) is 12.1 Å². The van der Waals surface area contributed by atoms with Crippen molar-refractivity contribution in [2.24, 2.45) is 17.8 Å². The van der Waals surface area contributed by atoms with Crippen LogP contribution in [0.1, 0.15) is 110 Å². The van der Waals surface area contributed by atoms with Gasteiger partial charge in [-0.15, -0.1) is 0 Å². The van der Waals surface area contributed by atoms with Crippen LogP contribution in [0.2, 0.25) is 0 Å². The van der Waals surface area contributed by atoms with Gasteiger partial charge in [-0.1, -0.05) is 71.1 Å². The summed E-state index contributed by atoms with van der Waals surface area (Å²) in [6.07, 6.45) is 22.4. The molecule has 0 aromatic carbocycles. The van der Waals surface area contributed by atoms with Crippen LogP contribution < -0.4 is 0 Å². The summed E-state index contributed by atoms with van der Waals surface area (Å²) >= 11 is 0. The van der Waals surface area contributed by atoms with E-state index in [-0.39, 0.29) is 0 Å². The maximum Gasteiger partial charge on any atom is 0.0129 e. The minimum absolute atomic E-state index is 0.833. The Morgan fingerprint density at radius 1 is 0.708 bits per heavy atom. The Labute approximate surface area is 152 Å². The van der Waals surface area contributed by atoms with Crippen LogP contribution in [0, 0.1) is 17.8 Å². The molecule has 24 heavy (non-hydrogen) atoms. The normalized spacial score (nSPS) is 36.8. The van der Waals surface area contributed by atoms with Crippen molar-refractivity contribution in [2.75, 3.05) is 6.54 Å². The van der Waals surface area contributed by atoms with Gasteiger partial charge >= 0.3 is 0 Å². The van der Waals surface area contributed by atoms with Crippen molar-refractivity contribution in [1.29, 1.82) is 0 Å². The summed E-state index contributed by atoms with van der Waals surface area (Å²) < 4.78 is 0. The summed E-state index contributed by atoms with van der Waals surface area (Å²) in [7, 11) is 0. The zero-order chi connectivity index (χ0) is 16.8. The fourth-order valence-corrected chi connectivity index (χ4v) is 6.49. The molecule has 140 valence electrons. The fraction of sp³-hybridized carbons (Fsp3) is 1.00. The lowest BCUT2D eigenvalue weighted by Crippen LogP contribution is -2.52. The highest BCUT2D eigenvalue weighted by atomic mass is 15.2. The molecule has 4 unspecified atom stereocenters. The molecule has 0 N–H and O–H groups in total. The van der Waals surface area contributed by atoms with Gasteiger partial charge in [-0.2, -0.15) is 0 Å². The Hall–Kier alpha value is -0.0400. The van der Waals surface area contributed by atoms with Crippen LogP contribution in [0.5, 0.6) is 0 Å². The molecule has 3 aliphatic rings. The third-order valence-corrected chi connectivity index (χ3v) is 7.76. The Morgan fingerprint density at radius 2 is 1.42 bits per heavy atom. The lowest BCUT2D eigenvalue weighted by atomic mass is 9.64. The second-order valence-corrected chi connectivity index (χ2v) is 9.30. The molecular weight excluding hydrogens is 290 g/mol. The first-order chi connectivity index (χ1) is 11.8. The molecule has 0 spiro atoms. The van der Waals surface area contributed by atoms with Crippen molar-refractivity contribution >= 4 is 0 Å². The van der Waals surface area contributed by atoms with E-state index in [1.807, 2.05) is 0 Å². The van der Waals surface area contributed by atoms with E-state index in [0.717, 1.165) is 29.8 Å². The zero-order valence-corrected chi connectivity index (χ0v) is 16.6. The van der Waals surface area contributed by atoms with E-state index in [1.54, 1.807) is 25.7 Å². The van der Waals surface area contributed by atoms with Crippen LogP contribution in [0.4, 0.5) is 0 Å². The topological polar surface area (TPSA) is 3.24 Å². The predicted octanol–water partition coefficient (Wildman–Crippen LogP) is 6.81. The summed E-state index contributed by atoms with van der Waals surface area (Å²) in [5, 5.41) is 0. The van der Waals surface area contributed by atoms with E-state index < -0.39 is 0 Å². The second-order valence-electron chi connectivity index (χ2n) is 9.30. The molecule has 2 saturated carbocycles. The fourth-order valence-electron chi connectivity index (χ4n) is 6.49. The van der Waals surface area contributed by atoms with E-state index in [2.05, 4.69) is 18.7 Å². The van der Waals surface area contributed by atoms with Crippen molar-refractivity contribution in [1.82, 2.24) is 4.90 Å². The number of fused-ring (bicyclic) bond motifs is 1. The average molecular weight is 334 g/mol. The Kier molecular flexibility index (Phi) is 7.50. The lowest BCUT2D eigenvalue weighted by molar-refractivity contribution is -0.00484. The van der Waals surface area contributed by atoms with Crippen LogP contribution in [0.15, 0.2) is 0 Å². The van der Waals surface area contributed by atoms with Gasteiger partial charge < -0.3 is 0 Å². The van der Waals surface area contributed by atoms with E-state index in [9.17, 15) is 0 Å². The van der Waals surface area contributed by atoms with Crippen molar-refractivity contribution in [3.8, 4) is 0 Å². The van der Waals surface area contributed by atoms with Gasteiger partial charge in [-0.3, -0.25) is 4.90 Å². The minimum Gasteiger partial charge on any atom is -0.297 e. The van der Waals surface area contributed by atoms with Crippen LogP contribution in [-0.2, 0) is 0 Å². The summed E-state index contributed by atoms with van der Waals surface area (Å²) in [5.74, 6) is 3.19. The zero-order valence-electron chi connectivity index (χ0n) is 16.6. The SMILES string of the molecule is CCCCCN1C(C)CCCCC2C(C3CCCCC3)CCCC21. The predicted molar refractivity (Wildman–Crippen MR) is 105 cm³/mol. The molecule has 2 aliphatic carbocycles. The third-order valence-electron chi connectivity index (χ3n) is 7.76. The molecule has 3 rings (SSSR count). The van der Waals surface area contributed by atoms with Crippen molar-refractivity contribution in [2.45, 2.75) is 122 Å². The number of hydrogen-bond donors (Lipinski definition) is 0. The van der Waals surface area contributed by atoms with Gasteiger partial charge in [0.25, 0.3) is 0 Å². The molecule has 1 saturated heterocycles. The van der Waals surface area contributed by atoms with Crippen LogP contribution in [-0.4, -0.2) is 23.5 Å². The molecule has 0 bridgehead atoms. The first-order valence-corrected chi connectivity index (χ1v) is 11.6.